The average Bonchev–Trinajstić information content (AvgIpc) is 2.29. The first-order valence-electron chi connectivity index (χ1n) is 5.80. The molecule has 0 aliphatic carbocycles. The van der Waals surface area contributed by atoms with Gasteiger partial charge in [-0.25, -0.2) is 0 Å². The lowest BCUT2D eigenvalue weighted by Gasteiger charge is -2.32. The van der Waals surface area contributed by atoms with Gasteiger partial charge in [0.1, 0.15) is 0 Å². The zero-order valence-electron chi connectivity index (χ0n) is 9.48. The van der Waals surface area contributed by atoms with Gasteiger partial charge in [-0.2, -0.15) is 11.8 Å². The zero-order chi connectivity index (χ0) is 11.4. The second kappa shape index (κ2) is 5.21. The summed E-state index contributed by atoms with van der Waals surface area (Å²) in [6, 6.07) is 8.25. The molecule has 2 nitrogen and oxygen atoms in total. The minimum absolute atomic E-state index is 0.488. The van der Waals surface area contributed by atoms with Crippen LogP contribution in [0.2, 0.25) is 0 Å². The van der Waals surface area contributed by atoms with E-state index >= 15 is 0 Å². The lowest BCUT2D eigenvalue weighted by atomic mass is 9.88. The first kappa shape index (κ1) is 12.0. The molecule has 0 spiro atoms. The molecule has 1 heterocycles. The molecule has 0 radical (unpaired) electrons. The summed E-state index contributed by atoms with van der Waals surface area (Å²) in [6.45, 7) is 0.572. The maximum absolute atomic E-state index is 10.4. The number of benzene rings is 1. The molecule has 0 amide bonds. The molecule has 1 saturated heterocycles. The molecule has 0 bridgehead atoms. The first-order valence-corrected chi connectivity index (χ1v) is 6.95. The van der Waals surface area contributed by atoms with Crippen molar-refractivity contribution in [2.45, 2.75) is 31.4 Å². The number of hydrogen-bond donors (Lipinski definition) is 2. The van der Waals surface area contributed by atoms with Gasteiger partial charge < -0.3 is 10.8 Å². The lowest BCUT2D eigenvalue weighted by Crippen LogP contribution is -2.35. The van der Waals surface area contributed by atoms with Gasteiger partial charge in [0, 0.05) is 13.0 Å². The van der Waals surface area contributed by atoms with E-state index in [4.69, 9.17) is 5.73 Å². The molecule has 0 unspecified atom stereocenters. The summed E-state index contributed by atoms with van der Waals surface area (Å²) in [5.74, 6) is 2.15. The Bertz CT molecular complexity index is 348. The van der Waals surface area contributed by atoms with Gasteiger partial charge in [-0.15, -0.1) is 0 Å². The van der Waals surface area contributed by atoms with Crippen molar-refractivity contribution >= 4 is 11.8 Å². The maximum Gasteiger partial charge on any atom is 0.0703 e. The van der Waals surface area contributed by atoms with Crippen LogP contribution >= 0.6 is 11.8 Å². The van der Waals surface area contributed by atoms with Gasteiger partial charge in [-0.3, -0.25) is 0 Å². The molecule has 1 aliphatic rings. The van der Waals surface area contributed by atoms with Gasteiger partial charge in [-0.05, 0) is 35.5 Å². The van der Waals surface area contributed by atoms with Crippen LogP contribution in [0.3, 0.4) is 0 Å². The van der Waals surface area contributed by atoms with Crippen molar-refractivity contribution in [3.05, 3.63) is 35.4 Å². The molecule has 88 valence electrons. The highest BCUT2D eigenvalue weighted by atomic mass is 32.2. The van der Waals surface area contributed by atoms with E-state index < -0.39 is 5.60 Å². The van der Waals surface area contributed by atoms with Gasteiger partial charge in [0.2, 0.25) is 0 Å². The van der Waals surface area contributed by atoms with Crippen molar-refractivity contribution in [2.75, 3.05) is 11.5 Å². The van der Waals surface area contributed by atoms with E-state index in [2.05, 4.69) is 12.1 Å². The molecule has 1 aromatic rings. The minimum Gasteiger partial charge on any atom is -0.389 e. The third kappa shape index (κ3) is 3.00. The summed E-state index contributed by atoms with van der Waals surface area (Å²) in [5.41, 5.74) is 7.48. The number of aliphatic hydroxyl groups is 1. The SMILES string of the molecule is NCc1cccc(CC2(O)CCSCC2)c1. The summed E-state index contributed by atoms with van der Waals surface area (Å²) < 4.78 is 0. The molecule has 1 aromatic carbocycles. The molecule has 0 atom stereocenters. The summed E-state index contributed by atoms with van der Waals surface area (Å²) in [6.07, 6.45) is 2.58. The van der Waals surface area contributed by atoms with Crippen molar-refractivity contribution in [1.82, 2.24) is 0 Å². The fraction of sp³-hybridized carbons (Fsp3) is 0.538. The molecule has 3 heteroatoms. The van der Waals surface area contributed by atoms with E-state index in [1.54, 1.807) is 0 Å². The quantitative estimate of drug-likeness (QED) is 0.844. The van der Waals surface area contributed by atoms with E-state index in [0.29, 0.717) is 6.54 Å². The smallest absolute Gasteiger partial charge is 0.0703 e. The van der Waals surface area contributed by atoms with Crippen LogP contribution in [0.4, 0.5) is 0 Å². The van der Waals surface area contributed by atoms with Gasteiger partial charge in [0.25, 0.3) is 0 Å². The monoisotopic (exact) mass is 237 g/mol. The molecule has 1 aliphatic heterocycles. The highest BCUT2D eigenvalue weighted by Gasteiger charge is 2.29. The highest BCUT2D eigenvalue weighted by Crippen LogP contribution is 2.30. The van der Waals surface area contributed by atoms with E-state index in [1.807, 2.05) is 23.9 Å². The molecular weight excluding hydrogens is 218 g/mol. The first-order chi connectivity index (χ1) is 7.72. The van der Waals surface area contributed by atoms with Crippen LogP contribution in [0.15, 0.2) is 24.3 Å². The number of nitrogens with two attached hydrogens (primary N) is 1. The Hall–Kier alpha value is -0.510. The normalized spacial score (nSPS) is 19.6. The number of hydrogen-bond acceptors (Lipinski definition) is 3. The molecule has 16 heavy (non-hydrogen) atoms. The highest BCUT2D eigenvalue weighted by molar-refractivity contribution is 7.99. The van der Waals surface area contributed by atoms with Crippen molar-refractivity contribution in [2.24, 2.45) is 5.73 Å². The van der Waals surface area contributed by atoms with Crippen LogP contribution < -0.4 is 5.73 Å². The topological polar surface area (TPSA) is 46.2 Å². The fourth-order valence-electron chi connectivity index (χ4n) is 2.17. The van der Waals surface area contributed by atoms with Crippen LogP contribution in [0.25, 0.3) is 0 Å². The average molecular weight is 237 g/mol. The largest absolute Gasteiger partial charge is 0.389 e. The van der Waals surface area contributed by atoms with Crippen molar-refractivity contribution < 1.29 is 5.11 Å². The van der Waals surface area contributed by atoms with E-state index in [9.17, 15) is 5.11 Å². The Balaban J connectivity index is 2.07. The molecule has 1 fully saturated rings. The molecular formula is C13H19NOS. The molecule has 2 rings (SSSR count). The predicted octanol–water partition coefficient (Wildman–Crippen LogP) is 1.95. The van der Waals surface area contributed by atoms with Crippen LogP contribution in [0, 0.1) is 0 Å². The Morgan fingerprint density at radius 3 is 2.62 bits per heavy atom. The zero-order valence-corrected chi connectivity index (χ0v) is 10.3. The third-order valence-corrected chi connectivity index (χ3v) is 4.17. The summed E-state index contributed by atoms with van der Waals surface area (Å²) in [5, 5.41) is 10.4. The predicted molar refractivity (Wildman–Crippen MR) is 69.5 cm³/mol. The Labute approximate surface area is 101 Å². The molecule has 0 saturated carbocycles. The van der Waals surface area contributed by atoms with Crippen LogP contribution in [-0.4, -0.2) is 22.2 Å². The third-order valence-electron chi connectivity index (χ3n) is 3.18. The Kier molecular flexibility index (Phi) is 3.90. The van der Waals surface area contributed by atoms with Crippen LogP contribution in [0.1, 0.15) is 24.0 Å². The second-order valence-electron chi connectivity index (χ2n) is 4.54. The summed E-state index contributed by atoms with van der Waals surface area (Å²) >= 11 is 1.94. The number of thioether (sulfide) groups is 1. The van der Waals surface area contributed by atoms with Gasteiger partial charge in [-0.1, -0.05) is 24.3 Å². The van der Waals surface area contributed by atoms with E-state index in [1.165, 1.54) is 5.56 Å². The van der Waals surface area contributed by atoms with Gasteiger partial charge >= 0.3 is 0 Å². The van der Waals surface area contributed by atoms with Crippen molar-refractivity contribution in [3.8, 4) is 0 Å². The van der Waals surface area contributed by atoms with Crippen molar-refractivity contribution in [3.63, 3.8) is 0 Å². The number of rotatable bonds is 3. The molecule has 0 aromatic heterocycles. The van der Waals surface area contributed by atoms with Gasteiger partial charge in [0.05, 0.1) is 5.60 Å². The molecule has 3 N–H and O–H groups in total. The van der Waals surface area contributed by atoms with E-state index in [0.717, 1.165) is 36.3 Å². The minimum atomic E-state index is -0.488. The van der Waals surface area contributed by atoms with E-state index in [-0.39, 0.29) is 0 Å². The van der Waals surface area contributed by atoms with Gasteiger partial charge in [0.15, 0.2) is 0 Å². The second-order valence-corrected chi connectivity index (χ2v) is 5.76. The Morgan fingerprint density at radius 2 is 1.94 bits per heavy atom. The van der Waals surface area contributed by atoms with Crippen molar-refractivity contribution in [1.29, 1.82) is 0 Å². The van der Waals surface area contributed by atoms with Crippen LogP contribution in [0.5, 0.6) is 0 Å². The Morgan fingerprint density at radius 1 is 1.25 bits per heavy atom. The van der Waals surface area contributed by atoms with Crippen LogP contribution in [-0.2, 0) is 13.0 Å². The lowest BCUT2D eigenvalue weighted by molar-refractivity contribution is 0.0323. The summed E-state index contributed by atoms with van der Waals surface area (Å²) in [4.78, 5) is 0. The standard InChI is InChI=1S/C13H19NOS/c14-10-12-3-1-2-11(8-12)9-13(15)4-6-16-7-5-13/h1-3,8,15H,4-7,9-10,14H2. The maximum atomic E-state index is 10.4. The fourth-order valence-corrected chi connectivity index (χ4v) is 3.43. The summed E-state index contributed by atoms with van der Waals surface area (Å²) in [7, 11) is 0.